The van der Waals surface area contributed by atoms with Gasteiger partial charge in [-0.2, -0.15) is 0 Å². The molecule has 0 bridgehead atoms. The molecule has 1 rings (SSSR count). The molecule has 0 spiro atoms. The zero-order valence-electron chi connectivity index (χ0n) is 5.50. The quantitative estimate of drug-likeness (QED) is 0.562. The maximum absolute atomic E-state index is 10.3. The first-order chi connectivity index (χ1) is 4.13. The van der Waals surface area contributed by atoms with Crippen LogP contribution in [0.3, 0.4) is 0 Å². The second-order valence-corrected chi connectivity index (χ2v) is 2.41. The Bertz CT molecular complexity index is 124. The van der Waals surface area contributed by atoms with Crippen molar-refractivity contribution in [1.29, 1.82) is 0 Å². The first-order valence-corrected chi connectivity index (χ1v) is 3.01. The van der Waals surface area contributed by atoms with Gasteiger partial charge < -0.3 is 9.84 Å². The third kappa shape index (κ3) is 0.920. The lowest BCUT2D eigenvalue weighted by atomic mass is 9.92. The van der Waals surface area contributed by atoms with Crippen LogP contribution >= 0.6 is 0 Å². The predicted octanol–water partition coefficient (Wildman–Crippen LogP) is 0.494. The van der Waals surface area contributed by atoms with Gasteiger partial charge in [-0.05, 0) is 13.8 Å². The van der Waals surface area contributed by atoms with E-state index in [9.17, 15) is 4.79 Å². The minimum absolute atomic E-state index is 0.0995. The van der Waals surface area contributed by atoms with Crippen LogP contribution in [0.4, 0.5) is 0 Å². The summed E-state index contributed by atoms with van der Waals surface area (Å²) in [4.78, 5) is 10.3. The number of carboxylic acids is 1. The standard InChI is InChI=1S/C6H10O3/c1-3-5(6(7)8)4(2)9-3/h3-5H,1-2H3,(H,7,8). The smallest absolute Gasteiger partial charge is 0.311 e. The van der Waals surface area contributed by atoms with Gasteiger partial charge in [-0.25, -0.2) is 0 Å². The van der Waals surface area contributed by atoms with Crippen molar-refractivity contribution >= 4 is 5.97 Å². The van der Waals surface area contributed by atoms with Gasteiger partial charge in [0.05, 0.1) is 12.2 Å². The Morgan fingerprint density at radius 3 is 2.00 bits per heavy atom. The summed E-state index contributed by atoms with van der Waals surface area (Å²) < 4.78 is 5.03. The second-order valence-electron chi connectivity index (χ2n) is 2.41. The third-order valence-corrected chi connectivity index (χ3v) is 1.73. The lowest BCUT2D eigenvalue weighted by molar-refractivity contribution is -0.193. The van der Waals surface area contributed by atoms with E-state index in [0.29, 0.717) is 0 Å². The first-order valence-electron chi connectivity index (χ1n) is 3.01. The molecule has 2 unspecified atom stereocenters. The molecule has 1 aliphatic heterocycles. The van der Waals surface area contributed by atoms with Crippen molar-refractivity contribution in [2.24, 2.45) is 5.92 Å². The molecular formula is C6H10O3. The molecule has 0 aromatic carbocycles. The van der Waals surface area contributed by atoms with Crippen LogP contribution in [0.2, 0.25) is 0 Å². The molecule has 9 heavy (non-hydrogen) atoms. The van der Waals surface area contributed by atoms with Crippen LogP contribution in [-0.2, 0) is 9.53 Å². The Kier molecular flexibility index (Phi) is 1.45. The zero-order chi connectivity index (χ0) is 7.02. The van der Waals surface area contributed by atoms with Gasteiger partial charge in [0.15, 0.2) is 0 Å². The van der Waals surface area contributed by atoms with E-state index >= 15 is 0 Å². The summed E-state index contributed by atoms with van der Waals surface area (Å²) in [5.74, 6) is -1.04. The van der Waals surface area contributed by atoms with E-state index in [-0.39, 0.29) is 18.1 Å². The van der Waals surface area contributed by atoms with Crippen LogP contribution in [0.1, 0.15) is 13.8 Å². The van der Waals surface area contributed by atoms with Gasteiger partial charge in [-0.1, -0.05) is 0 Å². The van der Waals surface area contributed by atoms with Gasteiger partial charge in [0.2, 0.25) is 0 Å². The number of carboxylic acid groups (broad SMARTS) is 1. The van der Waals surface area contributed by atoms with Crippen LogP contribution in [0.5, 0.6) is 0 Å². The predicted molar refractivity (Wildman–Crippen MR) is 31.1 cm³/mol. The summed E-state index contributed by atoms with van der Waals surface area (Å²) in [5.41, 5.74) is 0. The summed E-state index contributed by atoms with van der Waals surface area (Å²) in [7, 11) is 0. The van der Waals surface area contributed by atoms with Gasteiger partial charge in [0.25, 0.3) is 0 Å². The first kappa shape index (κ1) is 6.55. The van der Waals surface area contributed by atoms with Crippen LogP contribution in [0, 0.1) is 5.92 Å². The van der Waals surface area contributed by atoms with Crippen LogP contribution in [0.25, 0.3) is 0 Å². The molecular weight excluding hydrogens is 120 g/mol. The topological polar surface area (TPSA) is 46.5 Å². The minimum Gasteiger partial charge on any atom is -0.481 e. The molecule has 0 radical (unpaired) electrons. The Morgan fingerprint density at radius 1 is 1.44 bits per heavy atom. The van der Waals surface area contributed by atoms with E-state index in [4.69, 9.17) is 9.84 Å². The number of hydrogen-bond acceptors (Lipinski definition) is 2. The summed E-state index contributed by atoms with van der Waals surface area (Å²) in [6.45, 7) is 3.55. The van der Waals surface area contributed by atoms with Gasteiger partial charge in [-0.3, -0.25) is 4.79 Å². The van der Waals surface area contributed by atoms with E-state index in [1.807, 2.05) is 0 Å². The van der Waals surface area contributed by atoms with E-state index in [0.717, 1.165) is 0 Å². The Labute approximate surface area is 53.6 Å². The molecule has 3 heteroatoms. The van der Waals surface area contributed by atoms with Gasteiger partial charge >= 0.3 is 5.97 Å². The second kappa shape index (κ2) is 1.99. The molecule has 0 amide bonds. The highest BCUT2D eigenvalue weighted by molar-refractivity contribution is 5.72. The maximum atomic E-state index is 10.3. The molecule has 1 heterocycles. The molecule has 52 valence electrons. The van der Waals surface area contributed by atoms with Crippen molar-refractivity contribution in [2.75, 3.05) is 0 Å². The SMILES string of the molecule is CC1OC(C)C1C(=O)O. The summed E-state index contributed by atoms with van der Waals surface area (Å²) in [5, 5.41) is 8.49. The fourth-order valence-electron chi connectivity index (χ4n) is 1.20. The normalized spacial score (nSPS) is 41.8. The van der Waals surface area contributed by atoms with Crippen LogP contribution in [0.15, 0.2) is 0 Å². The molecule has 1 fully saturated rings. The van der Waals surface area contributed by atoms with Crippen molar-refractivity contribution in [3.63, 3.8) is 0 Å². The van der Waals surface area contributed by atoms with Crippen LogP contribution in [-0.4, -0.2) is 23.3 Å². The lowest BCUT2D eigenvalue weighted by Crippen LogP contribution is -2.49. The average molecular weight is 130 g/mol. The van der Waals surface area contributed by atoms with Gasteiger partial charge in [0, 0.05) is 0 Å². The third-order valence-electron chi connectivity index (χ3n) is 1.73. The Morgan fingerprint density at radius 2 is 1.89 bits per heavy atom. The number of ether oxygens (including phenoxy) is 1. The Hall–Kier alpha value is -0.570. The fourth-order valence-corrected chi connectivity index (χ4v) is 1.20. The number of aliphatic carboxylic acids is 1. The van der Waals surface area contributed by atoms with E-state index in [1.54, 1.807) is 13.8 Å². The average Bonchev–Trinajstić information content (AvgIpc) is 1.62. The molecule has 2 atom stereocenters. The van der Waals surface area contributed by atoms with E-state index in [1.165, 1.54) is 0 Å². The van der Waals surface area contributed by atoms with Gasteiger partial charge in [-0.15, -0.1) is 0 Å². The molecule has 1 saturated heterocycles. The maximum Gasteiger partial charge on any atom is 0.311 e. The highest BCUT2D eigenvalue weighted by Gasteiger charge is 2.41. The number of rotatable bonds is 1. The molecule has 1 aliphatic rings. The minimum atomic E-state index is -0.749. The van der Waals surface area contributed by atoms with Crippen molar-refractivity contribution in [3.05, 3.63) is 0 Å². The van der Waals surface area contributed by atoms with Crippen molar-refractivity contribution in [1.82, 2.24) is 0 Å². The summed E-state index contributed by atoms with van der Waals surface area (Å²) in [6, 6.07) is 0. The van der Waals surface area contributed by atoms with Crippen LogP contribution < -0.4 is 0 Å². The molecule has 0 aromatic heterocycles. The van der Waals surface area contributed by atoms with E-state index < -0.39 is 5.97 Å². The number of hydrogen-bond donors (Lipinski definition) is 1. The monoisotopic (exact) mass is 130 g/mol. The zero-order valence-corrected chi connectivity index (χ0v) is 5.50. The summed E-state index contributed by atoms with van der Waals surface area (Å²) >= 11 is 0. The highest BCUT2D eigenvalue weighted by atomic mass is 16.5. The number of carbonyl (C=O) groups is 1. The Balaban J connectivity index is 2.49. The van der Waals surface area contributed by atoms with Gasteiger partial charge in [0.1, 0.15) is 5.92 Å². The largest absolute Gasteiger partial charge is 0.481 e. The molecule has 0 aliphatic carbocycles. The van der Waals surface area contributed by atoms with Crippen molar-refractivity contribution in [3.8, 4) is 0 Å². The summed E-state index contributed by atoms with van der Waals surface area (Å²) in [6.07, 6.45) is -0.199. The molecule has 3 nitrogen and oxygen atoms in total. The van der Waals surface area contributed by atoms with Crippen molar-refractivity contribution < 1.29 is 14.6 Å². The molecule has 0 aromatic rings. The highest BCUT2D eigenvalue weighted by Crippen LogP contribution is 2.27. The molecule has 0 saturated carbocycles. The molecule has 1 N–H and O–H groups in total. The fraction of sp³-hybridized carbons (Fsp3) is 0.833. The van der Waals surface area contributed by atoms with E-state index in [2.05, 4.69) is 0 Å². The lowest BCUT2D eigenvalue weighted by Gasteiger charge is -2.37. The van der Waals surface area contributed by atoms with Crippen molar-refractivity contribution in [2.45, 2.75) is 26.1 Å².